The van der Waals surface area contributed by atoms with Crippen molar-refractivity contribution >= 4 is 16.6 Å². The average Bonchev–Trinajstić information content (AvgIpc) is 2.37. The standard InChI is InChI=1S/C16H14O/c1-2-3-10-15(17)12-14-9-6-8-13-7-4-5-11-16(13)14/h1,4-9,11H,3,10,12H2. The lowest BCUT2D eigenvalue weighted by Crippen LogP contribution is -2.02. The summed E-state index contributed by atoms with van der Waals surface area (Å²) in [5.41, 5.74) is 1.09. The van der Waals surface area contributed by atoms with Crippen molar-refractivity contribution in [1.82, 2.24) is 0 Å². The fourth-order valence-electron chi connectivity index (χ4n) is 1.96. The largest absolute Gasteiger partial charge is 0.299 e. The number of carbonyl (C=O) groups is 1. The number of benzene rings is 2. The van der Waals surface area contributed by atoms with Crippen LogP contribution in [0.25, 0.3) is 10.8 Å². The molecule has 0 fully saturated rings. The second-order valence-corrected chi connectivity index (χ2v) is 4.06. The Hall–Kier alpha value is -2.07. The molecule has 0 aliphatic carbocycles. The van der Waals surface area contributed by atoms with Crippen LogP contribution in [-0.4, -0.2) is 5.78 Å². The zero-order valence-corrected chi connectivity index (χ0v) is 9.65. The molecule has 0 N–H and O–H groups in total. The van der Waals surface area contributed by atoms with Gasteiger partial charge >= 0.3 is 0 Å². The predicted octanol–water partition coefficient (Wildman–Crippen LogP) is 3.36. The van der Waals surface area contributed by atoms with Gasteiger partial charge in [0.25, 0.3) is 0 Å². The highest BCUT2D eigenvalue weighted by atomic mass is 16.1. The Morgan fingerprint density at radius 1 is 1.12 bits per heavy atom. The van der Waals surface area contributed by atoms with Crippen LogP contribution in [0.4, 0.5) is 0 Å². The van der Waals surface area contributed by atoms with Gasteiger partial charge in [0.05, 0.1) is 0 Å². The highest BCUT2D eigenvalue weighted by Gasteiger charge is 2.05. The summed E-state index contributed by atoms with van der Waals surface area (Å²) < 4.78 is 0. The predicted molar refractivity (Wildman–Crippen MR) is 70.7 cm³/mol. The Kier molecular flexibility index (Phi) is 3.57. The van der Waals surface area contributed by atoms with Gasteiger partial charge in [0, 0.05) is 19.3 Å². The van der Waals surface area contributed by atoms with E-state index in [0.717, 1.165) is 10.9 Å². The van der Waals surface area contributed by atoms with Crippen LogP contribution in [0.1, 0.15) is 18.4 Å². The molecule has 2 rings (SSSR count). The lowest BCUT2D eigenvalue weighted by atomic mass is 9.99. The first-order valence-corrected chi connectivity index (χ1v) is 5.73. The van der Waals surface area contributed by atoms with Crippen LogP contribution in [-0.2, 0) is 11.2 Å². The van der Waals surface area contributed by atoms with Crippen molar-refractivity contribution in [2.24, 2.45) is 0 Å². The molecule has 2 aromatic rings. The Morgan fingerprint density at radius 3 is 2.71 bits per heavy atom. The molecule has 17 heavy (non-hydrogen) atoms. The van der Waals surface area contributed by atoms with E-state index >= 15 is 0 Å². The van der Waals surface area contributed by atoms with E-state index in [2.05, 4.69) is 24.1 Å². The minimum Gasteiger partial charge on any atom is -0.299 e. The molecule has 0 bridgehead atoms. The van der Waals surface area contributed by atoms with Crippen LogP contribution in [0, 0.1) is 12.3 Å². The fraction of sp³-hybridized carbons (Fsp3) is 0.188. The number of rotatable bonds is 4. The van der Waals surface area contributed by atoms with Gasteiger partial charge in [0.15, 0.2) is 0 Å². The summed E-state index contributed by atoms with van der Waals surface area (Å²) in [6.45, 7) is 0. The Bertz CT molecular complexity index is 570. The normalized spacial score (nSPS) is 10.1. The third-order valence-electron chi connectivity index (χ3n) is 2.82. The quantitative estimate of drug-likeness (QED) is 0.725. The van der Waals surface area contributed by atoms with Crippen LogP contribution < -0.4 is 0 Å². The van der Waals surface area contributed by atoms with Gasteiger partial charge in [-0.2, -0.15) is 0 Å². The molecule has 0 atom stereocenters. The first-order valence-electron chi connectivity index (χ1n) is 5.73. The molecule has 0 saturated heterocycles. The molecule has 2 aromatic carbocycles. The molecular formula is C16H14O. The van der Waals surface area contributed by atoms with Gasteiger partial charge in [-0.1, -0.05) is 42.5 Å². The smallest absolute Gasteiger partial charge is 0.138 e. The molecule has 0 spiro atoms. The lowest BCUT2D eigenvalue weighted by Gasteiger charge is -2.05. The fourth-order valence-corrected chi connectivity index (χ4v) is 1.96. The molecule has 0 aliphatic heterocycles. The Balaban J connectivity index is 2.24. The summed E-state index contributed by atoms with van der Waals surface area (Å²) in [5.74, 6) is 2.71. The summed E-state index contributed by atoms with van der Waals surface area (Å²) >= 11 is 0. The first-order chi connectivity index (χ1) is 8.31. The van der Waals surface area contributed by atoms with Gasteiger partial charge in [0.2, 0.25) is 0 Å². The van der Waals surface area contributed by atoms with Crippen LogP contribution >= 0.6 is 0 Å². The monoisotopic (exact) mass is 222 g/mol. The van der Waals surface area contributed by atoms with E-state index < -0.39 is 0 Å². The minimum absolute atomic E-state index is 0.208. The maximum atomic E-state index is 11.7. The second kappa shape index (κ2) is 5.32. The number of fused-ring (bicyclic) bond motifs is 1. The van der Waals surface area contributed by atoms with Gasteiger partial charge in [-0.3, -0.25) is 4.79 Å². The van der Waals surface area contributed by atoms with E-state index in [9.17, 15) is 4.79 Å². The summed E-state index contributed by atoms with van der Waals surface area (Å²) in [5, 5.41) is 2.33. The van der Waals surface area contributed by atoms with E-state index in [1.807, 2.05) is 24.3 Å². The third-order valence-corrected chi connectivity index (χ3v) is 2.82. The number of hydrogen-bond donors (Lipinski definition) is 0. The zero-order chi connectivity index (χ0) is 12.1. The highest BCUT2D eigenvalue weighted by Crippen LogP contribution is 2.19. The van der Waals surface area contributed by atoms with Gasteiger partial charge in [0.1, 0.15) is 5.78 Å². The third kappa shape index (κ3) is 2.73. The van der Waals surface area contributed by atoms with Crippen molar-refractivity contribution in [1.29, 1.82) is 0 Å². The van der Waals surface area contributed by atoms with Gasteiger partial charge in [-0.05, 0) is 16.3 Å². The lowest BCUT2D eigenvalue weighted by molar-refractivity contribution is -0.118. The van der Waals surface area contributed by atoms with Crippen molar-refractivity contribution < 1.29 is 4.79 Å². The molecule has 0 unspecified atom stereocenters. The molecule has 84 valence electrons. The van der Waals surface area contributed by atoms with E-state index in [0.29, 0.717) is 19.3 Å². The summed E-state index contributed by atoms with van der Waals surface area (Å²) in [6, 6.07) is 14.2. The van der Waals surface area contributed by atoms with Crippen LogP contribution in [0.5, 0.6) is 0 Å². The molecule has 1 heteroatoms. The van der Waals surface area contributed by atoms with Crippen molar-refractivity contribution in [3.63, 3.8) is 0 Å². The highest BCUT2D eigenvalue weighted by molar-refractivity contribution is 5.90. The number of Topliss-reactive ketones (excluding diaryl/α,β-unsaturated/α-hetero) is 1. The number of hydrogen-bond acceptors (Lipinski definition) is 1. The zero-order valence-electron chi connectivity index (χ0n) is 9.65. The maximum Gasteiger partial charge on any atom is 0.138 e. The van der Waals surface area contributed by atoms with Crippen LogP contribution in [0.3, 0.4) is 0 Å². The van der Waals surface area contributed by atoms with Crippen LogP contribution in [0.15, 0.2) is 42.5 Å². The molecule has 1 nitrogen and oxygen atoms in total. The summed E-state index contributed by atoms with van der Waals surface area (Å²) in [4.78, 5) is 11.7. The average molecular weight is 222 g/mol. The molecule has 0 amide bonds. The first kappa shape index (κ1) is 11.4. The van der Waals surface area contributed by atoms with Crippen molar-refractivity contribution in [3.8, 4) is 12.3 Å². The molecular weight excluding hydrogens is 208 g/mol. The Morgan fingerprint density at radius 2 is 1.88 bits per heavy atom. The van der Waals surface area contributed by atoms with Gasteiger partial charge in [-0.15, -0.1) is 12.3 Å². The number of carbonyl (C=O) groups excluding carboxylic acids is 1. The van der Waals surface area contributed by atoms with Crippen LogP contribution in [0.2, 0.25) is 0 Å². The van der Waals surface area contributed by atoms with E-state index in [-0.39, 0.29) is 5.78 Å². The van der Waals surface area contributed by atoms with Crippen molar-refractivity contribution in [2.75, 3.05) is 0 Å². The SMILES string of the molecule is C#CCCC(=O)Cc1cccc2ccccc12. The molecule has 0 saturated carbocycles. The number of terminal acetylenes is 1. The molecule has 0 aliphatic rings. The van der Waals surface area contributed by atoms with Gasteiger partial charge < -0.3 is 0 Å². The summed E-state index contributed by atoms with van der Waals surface area (Å²) in [7, 11) is 0. The number of ketones is 1. The van der Waals surface area contributed by atoms with Gasteiger partial charge in [-0.25, -0.2) is 0 Å². The summed E-state index contributed by atoms with van der Waals surface area (Å²) in [6.07, 6.45) is 6.64. The van der Waals surface area contributed by atoms with E-state index in [1.54, 1.807) is 0 Å². The molecule has 0 radical (unpaired) electrons. The van der Waals surface area contributed by atoms with E-state index in [4.69, 9.17) is 6.42 Å². The van der Waals surface area contributed by atoms with E-state index in [1.165, 1.54) is 5.39 Å². The molecule has 0 heterocycles. The van der Waals surface area contributed by atoms with Crippen molar-refractivity contribution in [2.45, 2.75) is 19.3 Å². The minimum atomic E-state index is 0.208. The maximum absolute atomic E-state index is 11.7. The Labute approximate surface area is 101 Å². The topological polar surface area (TPSA) is 17.1 Å². The van der Waals surface area contributed by atoms with Crippen molar-refractivity contribution in [3.05, 3.63) is 48.0 Å². The molecule has 0 aromatic heterocycles. The second-order valence-electron chi connectivity index (χ2n) is 4.06.